The predicted octanol–water partition coefficient (Wildman–Crippen LogP) is 3.24. The molecule has 174 valence electrons. The number of nitrogens with zero attached hydrogens (tertiary/aromatic N) is 3. The van der Waals surface area contributed by atoms with Gasteiger partial charge in [0.2, 0.25) is 10.0 Å². The van der Waals surface area contributed by atoms with Gasteiger partial charge in [-0.2, -0.15) is 0 Å². The fraction of sp³-hybridized carbons (Fsp3) is 0.565. The number of hydrogen-bond acceptors (Lipinski definition) is 6. The minimum absolute atomic E-state index is 0.140. The SMILES string of the molecule is CN(C)S(=O)(=O)c1ccc(N2CCCCC2)c(C(=O)NCCc2nc3c(s2)CCCC3)c1. The van der Waals surface area contributed by atoms with Crippen LogP contribution in [0.2, 0.25) is 0 Å². The number of fused-ring (bicyclic) bond motifs is 1. The first-order valence-electron chi connectivity index (χ1n) is 11.4. The van der Waals surface area contributed by atoms with E-state index in [1.54, 1.807) is 23.5 Å². The van der Waals surface area contributed by atoms with Gasteiger partial charge in [-0.25, -0.2) is 17.7 Å². The zero-order valence-corrected chi connectivity index (χ0v) is 20.5. The van der Waals surface area contributed by atoms with Crippen LogP contribution in [-0.4, -0.2) is 57.3 Å². The number of hydrogen-bond donors (Lipinski definition) is 1. The van der Waals surface area contributed by atoms with Crippen molar-refractivity contribution in [1.82, 2.24) is 14.6 Å². The number of benzene rings is 1. The van der Waals surface area contributed by atoms with E-state index in [-0.39, 0.29) is 10.8 Å². The van der Waals surface area contributed by atoms with Crippen LogP contribution in [0.4, 0.5) is 5.69 Å². The summed E-state index contributed by atoms with van der Waals surface area (Å²) in [6.07, 6.45) is 8.65. The van der Waals surface area contributed by atoms with Crippen molar-refractivity contribution in [1.29, 1.82) is 0 Å². The van der Waals surface area contributed by atoms with Crippen molar-refractivity contribution in [2.45, 2.75) is 56.3 Å². The van der Waals surface area contributed by atoms with Crippen LogP contribution >= 0.6 is 11.3 Å². The van der Waals surface area contributed by atoms with Crippen LogP contribution in [0.1, 0.15) is 58.0 Å². The van der Waals surface area contributed by atoms with Gasteiger partial charge in [-0.1, -0.05) is 0 Å². The standard InChI is InChI=1S/C23H32N4O3S2/c1-26(2)32(29,30)17-10-11-20(27-14-6-3-7-15-27)18(16-17)23(28)24-13-12-22-25-19-8-4-5-9-21(19)31-22/h10-11,16H,3-9,12-15H2,1-2H3,(H,24,28). The Bertz CT molecular complexity index is 1050. The molecule has 1 fully saturated rings. The highest BCUT2D eigenvalue weighted by atomic mass is 32.2. The number of piperidine rings is 1. The second kappa shape index (κ2) is 9.89. The summed E-state index contributed by atoms with van der Waals surface area (Å²) in [7, 11) is -0.617. The highest BCUT2D eigenvalue weighted by Gasteiger charge is 2.24. The molecule has 7 nitrogen and oxygen atoms in total. The normalized spacial score (nSPS) is 16.8. The average molecular weight is 477 g/mol. The van der Waals surface area contributed by atoms with Gasteiger partial charge >= 0.3 is 0 Å². The zero-order valence-electron chi connectivity index (χ0n) is 18.9. The highest BCUT2D eigenvalue weighted by Crippen LogP contribution is 2.29. The van der Waals surface area contributed by atoms with E-state index in [1.807, 2.05) is 0 Å². The summed E-state index contributed by atoms with van der Waals surface area (Å²) < 4.78 is 26.5. The molecule has 0 atom stereocenters. The largest absolute Gasteiger partial charge is 0.371 e. The van der Waals surface area contributed by atoms with Crippen molar-refractivity contribution in [2.24, 2.45) is 0 Å². The van der Waals surface area contributed by atoms with Gasteiger partial charge in [0.1, 0.15) is 0 Å². The van der Waals surface area contributed by atoms with E-state index in [4.69, 9.17) is 4.98 Å². The van der Waals surface area contributed by atoms with Crippen LogP contribution in [0.5, 0.6) is 0 Å². The maximum Gasteiger partial charge on any atom is 0.253 e. The smallest absolute Gasteiger partial charge is 0.253 e. The molecular weight excluding hydrogens is 444 g/mol. The molecule has 0 saturated carbocycles. The second-order valence-corrected chi connectivity index (χ2v) is 12.0. The van der Waals surface area contributed by atoms with Crippen molar-refractivity contribution in [2.75, 3.05) is 38.6 Å². The summed E-state index contributed by atoms with van der Waals surface area (Å²) in [5.41, 5.74) is 2.47. The van der Waals surface area contributed by atoms with Crippen molar-refractivity contribution in [3.05, 3.63) is 39.3 Å². The topological polar surface area (TPSA) is 82.6 Å². The van der Waals surface area contributed by atoms with Crippen LogP contribution in [0.25, 0.3) is 0 Å². The molecule has 2 aromatic rings. The highest BCUT2D eigenvalue weighted by molar-refractivity contribution is 7.89. The Kier molecular flexibility index (Phi) is 7.17. The molecule has 1 N–H and O–H groups in total. The summed E-state index contributed by atoms with van der Waals surface area (Å²) in [5.74, 6) is -0.234. The lowest BCUT2D eigenvalue weighted by molar-refractivity contribution is 0.0954. The van der Waals surface area contributed by atoms with E-state index in [0.29, 0.717) is 18.5 Å². The molecule has 0 spiro atoms. The number of sulfonamides is 1. The van der Waals surface area contributed by atoms with Crippen molar-refractivity contribution < 1.29 is 13.2 Å². The molecule has 1 aliphatic carbocycles. The van der Waals surface area contributed by atoms with Crippen LogP contribution in [0, 0.1) is 0 Å². The summed E-state index contributed by atoms with van der Waals surface area (Å²) in [6, 6.07) is 4.92. The van der Waals surface area contributed by atoms with Gasteiger partial charge < -0.3 is 10.2 Å². The van der Waals surface area contributed by atoms with Gasteiger partial charge in [-0.05, 0) is 63.1 Å². The summed E-state index contributed by atoms with van der Waals surface area (Å²) in [5, 5.41) is 4.07. The predicted molar refractivity (Wildman–Crippen MR) is 128 cm³/mol. The third kappa shape index (κ3) is 5.00. The fourth-order valence-electron chi connectivity index (χ4n) is 4.37. The third-order valence-electron chi connectivity index (χ3n) is 6.20. The van der Waals surface area contributed by atoms with Gasteiger partial charge in [0.25, 0.3) is 5.91 Å². The Labute approximate surface area is 194 Å². The molecule has 0 unspecified atom stereocenters. The number of rotatable bonds is 7. The minimum Gasteiger partial charge on any atom is -0.371 e. The van der Waals surface area contributed by atoms with Crippen molar-refractivity contribution in [3.63, 3.8) is 0 Å². The number of carbonyl (C=O) groups is 1. The molecule has 1 aromatic carbocycles. The van der Waals surface area contributed by atoms with E-state index < -0.39 is 10.0 Å². The molecule has 1 aliphatic heterocycles. The summed E-state index contributed by atoms with van der Waals surface area (Å²) in [4.78, 5) is 21.7. The third-order valence-corrected chi connectivity index (χ3v) is 9.23. The fourth-order valence-corrected chi connectivity index (χ4v) is 6.45. The van der Waals surface area contributed by atoms with Crippen LogP contribution in [-0.2, 0) is 29.3 Å². The molecular formula is C23H32N4O3S2. The van der Waals surface area contributed by atoms with Gasteiger partial charge in [0.15, 0.2) is 0 Å². The molecule has 4 rings (SSSR count). The number of anilines is 1. The van der Waals surface area contributed by atoms with E-state index >= 15 is 0 Å². The molecule has 0 bridgehead atoms. The number of thiazole rings is 1. The number of aromatic nitrogens is 1. The van der Waals surface area contributed by atoms with Crippen molar-refractivity contribution >= 4 is 33.0 Å². The van der Waals surface area contributed by atoms with E-state index in [0.717, 1.165) is 49.5 Å². The number of nitrogens with one attached hydrogen (secondary N) is 1. The number of carbonyl (C=O) groups excluding carboxylic acids is 1. The monoisotopic (exact) mass is 476 g/mol. The van der Waals surface area contributed by atoms with Gasteiger partial charge in [0.05, 0.1) is 21.2 Å². The quantitative estimate of drug-likeness (QED) is 0.663. The lowest BCUT2D eigenvalue weighted by atomic mass is 10.0. The van der Waals surface area contributed by atoms with Crippen LogP contribution in [0.15, 0.2) is 23.1 Å². The molecule has 9 heteroatoms. The Balaban J connectivity index is 1.52. The molecule has 1 saturated heterocycles. The molecule has 1 aromatic heterocycles. The Morgan fingerprint density at radius 1 is 1.12 bits per heavy atom. The minimum atomic E-state index is -3.62. The summed E-state index contributed by atoms with van der Waals surface area (Å²) >= 11 is 1.76. The van der Waals surface area contributed by atoms with Gasteiger partial charge in [0, 0.05) is 50.7 Å². The Morgan fingerprint density at radius 3 is 2.59 bits per heavy atom. The maximum absolute atomic E-state index is 13.2. The molecule has 32 heavy (non-hydrogen) atoms. The van der Waals surface area contributed by atoms with Gasteiger partial charge in [-0.15, -0.1) is 11.3 Å². The van der Waals surface area contributed by atoms with E-state index in [9.17, 15) is 13.2 Å². The number of amides is 1. The molecule has 2 heterocycles. The second-order valence-electron chi connectivity index (χ2n) is 8.70. The van der Waals surface area contributed by atoms with Crippen molar-refractivity contribution in [3.8, 4) is 0 Å². The number of aryl methyl sites for hydroxylation is 2. The van der Waals surface area contributed by atoms with Gasteiger partial charge in [-0.3, -0.25) is 4.79 Å². The van der Waals surface area contributed by atoms with Crippen LogP contribution < -0.4 is 10.2 Å². The first kappa shape index (κ1) is 23.2. The van der Waals surface area contributed by atoms with Crippen LogP contribution in [0.3, 0.4) is 0 Å². The summed E-state index contributed by atoms with van der Waals surface area (Å²) in [6.45, 7) is 2.24. The van der Waals surface area contributed by atoms with E-state index in [2.05, 4.69) is 10.2 Å². The first-order valence-corrected chi connectivity index (χ1v) is 13.7. The zero-order chi connectivity index (χ0) is 22.7. The maximum atomic E-state index is 13.2. The Morgan fingerprint density at radius 2 is 1.88 bits per heavy atom. The molecule has 2 aliphatic rings. The first-order chi connectivity index (χ1) is 15.4. The molecule has 0 radical (unpaired) electrons. The van der Waals surface area contributed by atoms with E-state index in [1.165, 1.54) is 54.3 Å². The average Bonchev–Trinajstić information content (AvgIpc) is 3.22. The Hall–Kier alpha value is -1.97. The lowest BCUT2D eigenvalue weighted by Gasteiger charge is -2.30. The molecule has 1 amide bonds. The lowest BCUT2D eigenvalue weighted by Crippen LogP contribution is -2.33.